The molecule has 0 aliphatic rings. The third kappa shape index (κ3) is 4.96. The van der Waals surface area contributed by atoms with E-state index in [2.05, 4.69) is 9.71 Å². The molecule has 0 spiro atoms. The number of hydrogen-bond donors (Lipinski definition) is 2. The molecule has 0 unspecified atom stereocenters. The van der Waals surface area contributed by atoms with E-state index in [1.165, 1.54) is 6.20 Å². The molecule has 0 bridgehead atoms. The summed E-state index contributed by atoms with van der Waals surface area (Å²) < 4.78 is 31.6. The first-order valence-corrected chi connectivity index (χ1v) is 8.01. The molecule has 0 saturated heterocycles. The first-order valence-electron chi connectivity index (χ1n) is 6.36. The van der Waals surface area contributed by atoms with Crippen LogP contribution in [-0.4, -0.2) is 25.8 Å². The topological polar surface area (TPSA) is 94.3 Å². The second-order valence-electron chi connectivity index (χ2n) is 4.53. The molecule has 0 fully saturated rings. The molecule has 2 rings (SSSR count). The summed E-state index contributed by atoms with van der Waals surface area (Å²) in [4.78, 5) is 4.03. The lowest BCUT2D eigenvalue weighted by molar-refractivity contribution is 0.341. The number of anilines is 2. The number of ether oxygens (including phenoxy) is 1. The zero-order valence-corrected chi connectivity index (χ0v) is 12.4. The zero-order chi connectivity index (χ0) is 15.3. The van der Waals surface area contributed by atoms with Crippen molar-refractivity contribution in [3.8, 4) is 5.75 Å². The molecule has 0 amide bonds. The van der Waals surface area contributed by atoms with Crippen molar-refractivity contribution in [1.82, 2.24) is 4.98 Å². The van der Waals surface area contributed by atoms with Crippen molar-refractivity contribution < 1.29 is 13.2 Å². The summed E-state index contributed by atoms with van der Waals surface area (Å²) in [5.41, 5.74) is 7.44. The Labute approximate surface area is 124 Å². The Balaban J connectivity index is 1.86. The average molecular weight is 307 g/mol. The van der Waals surface area contributed by atoms with Gasteiger partial charge in [-0.3, -0.25) is 9.71 Å². The van der Waals surface area contributed by atoms with Gasteiger partial charge in [0.1, 0.15) is 18.1 Å². The molecule has 0 radical (unpaired) electrons. The molecular formula is C14H17N3O3S. The predicted molar refractivity (Wildman–Crippen MR) is 82.7 cm³/mol. The van der Waals surface area contributed by atoms with E-state index in [1.807, 2.05) is 6.92 Å². The second-order valence-corrected chi connectivity index (χ2v) is 6.37. The number of benzene rings is 1. The van der Waals surface area contributed by atoms with Crippen LogP contribution in [0.15, 0.2) is 42.6 Å². The summed E-state index contributed by atoms with van der Waals surface area (Å²) >= 11 is 0. The third-order valence-electron chi connectivity index (χ3n) is 2.69. The maximum Gasteiger partial charge on any atom is 0.236 e. The highest BCUT2D eigenvalue weighted by molar-refractivity contribution is 7.92. The SMILES string of the molecule is Cc1ccc(NS(=O)(=O)CCOc2ccc(N)cc2)cn1. The summed E-state index contributed by atoms with van der Waals surface area (Å²) in [6.45, 7) is 1.89. The third-order valence-corrected chi connectivity index (χ3v) is 3.94. The van der Waals surface area contributed by atoms with E-state index in [-0.39, 0.29) is 12.4 Å². The molecule has 0 aliphatic carbocycles. The Kier molecular flexibility index (Phi) is 4.64. The molecule has 2 aromatic rings. The van der Waals surface area contributed by atoms with Crippen molar-refractivity contribution in [1.29, 1.82) is 0 Å². The number of aromatic nitrogens is 1. The van der Waals surface area contributed by atoms with Crippen LogP contribution in [0.2, 0.25) is 0 Å². The normalized spacial score (nSPS) is 11.1. The van der Waals surface area contributed by atoms with E-state index in [4.69, 9.17) is 10.5 Å². The van der Waals surface area contributed by atoms with Gasteiger partial charge in [0, 0.05) is 11.4 Å². The van der Waals surface area contributed by atoms with E-state index in [1.54, 1.807) is 36.4 Å². The van der Waals surface area contributed by atoms with Crippen molar-refractivity contribution in [3.05, 3.63) is 48.3 Å². The van der Waals surface area contributed by atoms with Gasteiger partial charge in [-0.15, -0.1) is 0 Å². The van der Waals surface area contributed by atoms with Crippen LogP contribution in [0.3, 0.4) is 0 Å². The number of rotatable bonds is 6. The highest BCUT2D eigenvalue weighted by Crippen LogP contribution is 2.13. The molecule has 3 N–H and O–H groups in total. The van der Waals surface area contributed by atoms with E-state index < -0.39 is 10.0 Å². The van der Waals surface area contributed by atoms with E-state index >= 15 is 0 Å². The monoisotopic (exact) mass is 307 g/mol. The quantitative estimate of drug-likeness (QED) is 0.793. The second kappa shape index (κ2) is 6.45. The molecule has 0 aliphatic heterocycles. The fourth-order valence-corrected chi connectivity index (χ4v) is 2.48. The van der Waals surface area contributed by atoms with Gasteiger partial charge in [-0.25, -0.2) is 8.42 Å². The van der Waals surface area contributed by atoms with Crippen LogP contribution in [0.5, 0.6) is 5.75 Å². The Morgan fingerprint density at radius 2 is 1.90 bits per heavy atom. The number of pyridine rings is 1. The number of nitrogen functional groups attached to an aromatic ring is 1. The number of sulfonamides is 1. The lowest BCUT2D eigenvalue weighted by atomic mass is 10.3. The Morgan fingerprint density at radius 3 is 2.52 bits per heavy atom. The number of nitrogens with one attached hydrogen (secondary N) is 1. The molecule has 6 nitrogen and oxygen atoms in total. The minimum atomic E-state index is -3.47. The van der Waals surface area contributed by atoms with Crippen LogP contribution in [0, 0.1) is 6.92 Å². The fraction of sp³-hybridized carbons (Fsp3) is 0.214. The standard InChI is InChI=1S/C14H17N3O3S/c1-11-2-5-13(10-16-11)17-21(18,19)9-8-20-14-6-3-12(15)4-7-14/h2-7,10,17H,8-9,15H2,1H3. The summed E-state index contributed by atoms with van der Waals surface area (Å²) in [6, 6.07) is 10.2. The lowest BCUT2D eigenvalue weighted by Crippen LogP contribution is -2.21. The largest absolute Gasteiger partial charge is 0.492 e. The number of hydrogen-bond acceptors (Lipinski definition) is 5. The van der Waals surface area contributed by atoms with Crippen LogP contribution in [0.1, 0.15) is 5.69 Å². The Bertz CT molecular complexity index is 682. The van der Waals surface area contributed by atoms with Crippen LogP contribution < -0.4 is 15.2 Å². The summed E-state index contributed by atoms with van der Waals surface area (Å²) in [6.07, 6.45) is 1.48. The maximum absolute atomic E-state index is 11.9. The van der Waals surface area contributed by atoms with Crippen molar-refractivity contribution in [3.63, 3.8) is 0 Å². The molecule has 7 heteroatoms. The van der Waals surface area contributed by atoms with Crippen molar-refractivity contribution in [2.45, 2.75) is 6.92 Å². The van der Waals surface area contributed by atoms with Crippen molar-refractivity contribution in [2.24, 2.45) is 0 Å². The van der Waals surface area contributed by atoms with E-state index in [0.717, 1.165) is 5.69 Å². The van der Waals surface area contributed by atoms with Gasteiger partial charge in [-0.1, -0.05) is 0 Å². The first-order chi connectivity index (χ1) is 9.94. The summed E-state index contributed by atoms with van der Waals surface area (Å²) in [5.74, 6) is 0.432. The highest BCUT2D eigenvalue weighted by atomic mass is 32.2. The predicted octanol–water partition coefficient (Wildman–Crippen LogP) is 1.79. The van der Waals surface area contributed by atoms with E-state index in [0.29, 0.717) is 17.1 Å². The Hall–Kier alpha value is -2.28. The smallest absolute Gasteiger partial charge is 0.236 e. The van der Waals surface area contributed by atoms with Gasteiger partial charge in [-0.2, -0.15) is 0 Å². The summed E-state index contributed by atoms with van der Waals surface area (Å²) in [7, 11) is -3.47. The Morgan fingerprint density at radius 1 is 1.19 bits per heavy atom. The molecule has 1 aromatic carbocycles. The van der Waals surface area contributed by atoms with Crippen LogP contribution >= 0.6 is 0 Å². The molecule has 112 valence electrons. The minimum Gasteiger partial charge on any atom is -0.492 e. The van der Waals surface area contributed by atoms with Crippen LogP contribution in [0.4, 0.5) is 11.4 Å². The molecule has 0 atom stereocenters. The van der Waals surface area contributed by atoms with Gasteiger partial charge in [0.15, 0.2) is 0 Å². The van der Waals surface area contributed by atoms with Crippen molar-refractivity contribution in [2.75, 3.05) is 22.8 Å². The van der Waals surface area contributed by atoms with Crippen LogP contribution in [-0.2, 0) is 10.0 Å². The van der Waals surface area contributed by atoms with Gasteiger partial charge in [0.2, 0.25) is 10.0 Å². The van der Waals surface area contributed by atoms with Gasteiger partial charge < -0.3 is 10.5 Å². The average Bonchev–Trinajstić information content (AvgIpc) is 2.43. The molecular weight excluding hydrogens is 290 g/mol. The molecule has 0 saturated carbocycles. The summed E-state index contributed by atoms with van der Waals surface area (Å²) in [5, 5.41) is 0. The van der Waals surface area contributed by atoms with Gasteiger partial charge in [-0.05, 0) is 43.3 Å². The molecule has 1 aromatic heterocycles. The lowest BCUT2D eigenvalue weighted by Gasteiger charge is -2.09. The maximum atomic E-state index is 11.9. The number of nitrogens with zero attached hydrogens (tertiary/aromatic N) is 1. The zero-order valence-electron chi connectivity index (χ0n) is 11.6. The minimum absolute atomic E-state index is 0.0541. The molecule has 21 heavy (non-hydrogen) atoms. The van der Waals surface area contributed by atoms with Crippen molar-refractivity contribution >= 4 is 21.4 Å². The fourth-order valence-electron chi connectivity index (χ4n) is 1.59. The van der Waals surface area contributed by atoms with Gasteiger partial charge in [0.05, 0.1) is 11.9 Å². The van der Waals surface area contributed by atoms with Gasteiger partial charge in [0.25, 0.3) is 0 Å². The van der Waals surface area contributed by atoms with E-state index in [9.17, 15) is 8.42 Å². The number of aryl methyl sites for hydroxylation is 1. The molecule has 1 heterocycles. The highest BCUT2D eigenvalue weighted by Gasteiger charge is 2.11. The van der Waals surface area contributed by atoms with Crippen LogP contribution in [0.25, 0.3) is 0 Å². The number of nitrogens with two attached hydrogens (primary N) is 1. The first kappa shape index (κ1) is 15.1. The van der Waals surface area contributed by atoms with Gasteiger partial charge >= 0.3 is 0 Å².